The average molecular weight is 271 g/mol. The van der Waals surface area contributed by atoms with Crippen molar-refractivity contribution in [1.29, 1.82) is 0 Å². The molecule has 1 saturated carbocycles. The fraction of sp³-hybridized carbons (Fsp3) is 0.600. The molecule has 0 amide bonds. The Balaban J connectivity index is 2.20. The lowest BCUT2D eigenvalue weighted by Crippen LogP contribution is -2.22. The SMILES string of the molecule is CC(C)c1ccc(NCC2CCC2)c(C(F)(F)F)c1. The van der Waals surface area contributed by atoms with E-state index in [1.54, 1.807) is 12.1 Å². The quantitative estimate of drug-likeness (QED) is 0.808. The van der Waals surface area contributed by atoms with Crippen molar-refractivity contribution in [2.75, 3.05) is 11.9 Å². The number of halogens is 3. The van der Waals surface area contributed by atoms with Crippen LogP contribution < -0.4 is 5.32 Å². The highest BCUT2D eigenvalue weighted by Crippen LogP contribution is 2.37. The molecule has 0 unspecified atom stereocenters. The van der Waals surface area contributed by atoms with E-state index in [0.717, 1.165) is 18.4 Å². The molecular weight excluding hydrogens is 251 g/mol. The van der Waals surface area contributed by atoms with Crippen LogP contribution in [0.5, 0.6) is 0 Å². The van der Waals surface area contributed by atoms with Crippen LogP contribution in [-0.4, -0.2) is 6.54 Å². The van der Waals surface area contributed by atoms with E-state index in [2.05, 4.69) is 5.32 Å². The van der Waals surface area contributed by atoms with Crippen molar-refractivity contribution in [3.8, 4) is 0 Å². The molecule has 1 aromatic rings. The Morgan fingerprint density at radius 2 is 1.95 bits per heavy atom. The van der Waals surface area contributed by atoms with Crippen LogP contribution in [0.4, 0.5) is 18.9 Å². The molecule has 106 valence electrons. The number of rotatable bonds is 4. The van der Waals surface area contributed by atoms with Crippen LogP contribution in [0.1, 0.15) is 50.2 Å². The van der Waals surface area contributed by atoms with Crippen LogP contribution in [0.3, 0.4) is 0 Å². The van der Waals surface area contributed by atoms with Crippen molar-refractivity contribution >= 4 is 5.69 Å². The third-order valence-corrected chi connectivity index (χ3v) is 3.82. The molecule has 0 aliphatic heterocycles. The number of nitrogens with one attached hydrogen (secondary N) is 1. The van der Waals surface area contributed by atoms with Gasteiger partial charge in [0, 0.05) is 12.2 Å². The van der Waals surface area contributed by atoms with E-state index in [-0.39, 0.29) is 11.6 Å². The fourth-order valence-corrected chi connectivity index (χ4v) is 2.26. The Hall–Kier alpha value is -1.19. The molecule has 4 heteroatoms. The summed E-state index contributed by atoms with van der Waals surface area (Å²) in [5.41, 5.74) is 0.392. The minimum Gasteiger partial charge on any atom is -0.384 e. The van der Waals surface area contributed by atoms with E-state index in [9.17, 15) is 13.2 Å². The van der Waals surface area contributed by atoms with E-state index in [1.807, 2.05) is 13.8 Å². The van der Waals surface area contributed by atoms with E-state index < -0.39 is 11.7 Å². The van der Waals surface area contributed by atoms with Crippen molar-refractivity contribution < 1.29 is 13.2 Å². The maximum atomic E-state index is 13.1. The Kier molecular flexibility index (Phi) is 4.07. The van der Waals surface area contributed by atoms with E-state index in [0.29, 0.717) is 12.5 Å². The van der Waals surface area contributed by atoms with Gasteiger partial charge in [-0.15, -0.1) is 0 Å². The van der Waals surface area contributed by atoms with Gasteiger partial charge in [-0.1, -0.05) is 26.3 Å². The van der Waals surface area contributed by atoms with Crippen LogP contribution in [-0.2, 0) is 6.18 Å². The Morgan fingerprint density at radius 1 is 1.26 bits per heavy atom. The Labute approximate surface area is 112 Å². The van der Waals surface area contributed by atoms with Crippen LogP contribution in [0.25, 0.3) is 0 Å². The first-order valence-electron chi connectivity index (χ1n) is 6.83. The molecular formula is C15H20F3N. The summed E-state index contributed by atoms with van der Waals surface area (Å²) >= 11 is 0. The number of hydrogen-bond donors (Lipinski definition) is 1. The van der Waals surface area contributed by atoms with Gasteiger partial charge in [0.15, 0.2) is 0 Å². The molecule has 2 rings (SSSR count). The van der Waals surface area contributed by atoms with Crippen LogP contribution in [0.15, 0.2) is 18.2 Å². The van der Waals surface area contributed by atoms with Gasteiger partial charge in [0.1, 0.15) is 0 Å². The number of benzene rings is 1. The largest absolute Gasteiger partial charge is 0.418 e. The topological polar surface area (TPSA) is 12.0 Å². The molecule has 19 heavy (non-hydrogen) atoms. The van der Waals surface area contributed by atoms with Crippen LogP contribution in [0, 0.1) is 5.92 Å². The maximum Gasteiger partial charge on any atom is 0.418 e. The van der Waals surface area contributed by atoms with Crippen LogP contribution >= 0.6 is 0 Å². The normalized spacial score (nSPS) is 16.5. The summed E-state index contributed by atoms with van der Waals surface area (Å²) in [6.07, 6.45) is -0.853. The first kappa shape index (κ1) is 14.2. The summed E-state index contributed by atoms with van der Waals surface area (Å²) in [5, 5.41) is 2.97. The fourth-order valence-electron chi connectivity index (χ4n) is 2.26. The first-order chi connectivity index (χ1) is 8.88. The molecule has 1 aliphatic rings. The minimum absolute atomic E-state index is 0.0989. The third kappa shape index (κ3) is 3.43. The second kappa shape index (κ2) is 5.43. The predicted octanol–water partition coefficient (Wildman–Crippen LogP) is 5.04. The lowest BCUT2D eigenvalue weighted by Gasteiger charge is -2.27. The minimum atomic E-state index is -4.30. The van der Waals surface area contributed by atoms with Gasteiger partial charge in [0.2, 0.25) is 0 Å². The van der Waals surface area contributed by atoms with Gasteiger partial charge in [-0.05, 0) is 42.4 Å². The van der Waals surface area contributed by atoms with Gasteiger partial charge < -0.3 is 5.32 Å². The van der Waals surface area contributed by atoms with Gasteiger partial charge in [-0.3, -0.25) is 0 Å². The van der Waals surface area contributed by atoms with E-state index in [1.165, 1.54) is 12.5 Å². The highest BCUT2D eigenvalue weighted by Gasteiger charge is 2.34. The van der Waals surface area contributed by atoms with Gasteiger partial charge in [-0.2, -0.15) is 13.2 Å². The van der Waals surface area contributed by atoms with Crippen molar-refractivity contribution in [3.63, 3.8) is 0 Å². The number of anilines is 1. The Bertz CT molecular complexity index is 434. The standard InChI is InChI=1S/C15H20F3N/c1-10(2)12-6-7-14(13(8-12)15(16,17)18)19-9-11-4-3-5-11/h6-8,10-11,19H,3-5,9H2,1-2H3. The van der Waals surface area contributed by atoms with Crippen molar-refractivity contribution in [3.05, 3.63) is 29.3 Å². The molecule has 1 aliphatic carbocycles. The van der Waals surface area contributed by atoms with Gasteiger partial charge >= 0.3 is 6.18 Å². The van der Waals surface area contributed by atoms with Crippen molar-refractivity contribution in [1.82, 2.24) is 0 Å². The zero-order valence-corrected chi connectivity index (χ0v) is 11.3. The summed E-state index contributed by atoms with van der Waals surface area (Å²) in [6, 6.07) is 4.62. The zero-order valence-electron chi connectivity index (χ0n) is 11.3. The molecule has 1 aromatic carbocycles. The first-order valence-corrected chi connectivity index (χ1v) is 6.83. The molecule has 0 radical (unpaired) electrons. The van der Waals surface area contributed by atoms with E-state index >= 15 is 0 Å². The highest BCUT2D eigenvalue weighted by molar-refractivity contribution is 5.54. The lowest BCUT2D eigenvalue weighted by atomic mass is 9.85. The summed E-state index contributed by atoms with van der Waals surface area (Å²) in [6.45, 7) is 4.44. The molecule has 0 bridgehead atoms. The highest BCUT2D eigenvalue weighted by atomic mass is 19.4. The van der Waals surface area contributed by atoms with Crippen molar-refractivity contribution in [2.45, 2.75) is 45.2 Å². The molecule has 1 N–H and O–H groups in total. The van der Waals surface area contributed by atoms with E-state index in [4.69, 9.17) is 0 Å². The monoisotopic (exact) mass is 271 g/mol. The lowest BCUT2D eigenvalue weighted by molar-refractivity contribution is -0.137. The molecule has 1 fully saturated rings. The number of alkyl halides is 3. The number of hydrogen-bond acceptors (Lipinski definition) is 1. The molecule has 0 aromatic heterocycles. The second-order valence-corrected chi connectivity index (χ2v) is 5.64. The van der Waals surface area contributed by atoms with Crippen molar-refractivity contribution in [2.24, 2.45) is 5.92 Å². The molecule has 0 heterocycles. The molecule has 1 nitrogen and oxygen atoms in total. The van der Waals surface area contributed by atoms with Gasteiger partial charge in [-0.25, -0.2) is 0 Å². The van der Waals surface area contributed by atoms with Gasteiger partial charge in [0.25, 0.3) is 0 Å². The smallest absolute Gasteiger partial charge is 0.384 e. The zero-order chi connectivity index (χ0) is 14.0. The summed E-state index contributed by atoms with van der Waals surface area (Å²) < 4.78 is 39.2. The Morgan fingerprint density at radius 3 is 2.42 bits per heavy atom. The molecule has 0 saturated heterocycles. The summed E-state index contributed by atoms with van der Waals surface area (Å²) in [7, 11) is 0. The third-order valence-electron chi connectivity index (χ3n) is 3.82. The van der Waals surface area contributed by atoms with Crippen LogP contribution in [0.2, 0.25) is 0 Å². The molecule has 0 spiro atoms. The maximum absolute atomic E-state index is 13.1. The second-order valence-electron chi connectivity index (χ2n) is 5.64. The summed E-state index contributed by atoms with van der Waals surface area (Å²) in [5.74, 6) is 0.632. The summed E-state index contributed by atoms with van der Waals surface area (Å²) in [4.78, 5) is 0. The predicted molar refractivity (Wildman–Crippen MR) is 71.4 cm³/mol. The average Bonchev–Trinajstić information content (AvgIpc) is 2.25. The molecule has 0 atom stereocenters. The van der Waals surface area contributed by atoms with Gasteiger partial charge in [0.05, 0.1) is 5.56 Å².